The average Bonchev–Trinajstić information content (AvgIpc) is 2.82. The number of carbonyl (C=O) groups is 2. The van der Waals surface area contributed by atoms with Crippen molar-refractivity contribution in [2.24, 2.45) is 5.92 Å². The highest BCUT2D eigenvalue weighted by Crippen LogP contribution is 2.21. The van der Waals surface area contributed by atoms with E-state index in [-0.39, 0.29) is 29.8 Å². The van der Waals surface area contributed by atoms with Crippen LogP contribution in [0.4, 0.5) is 0 Å². The van der Waals surface area contributed by atoms with Gasteiger partial charge in [0.25, 0.3) is 5.91 Å². The van der Waals surface area contributed by atoms with E-state index < -0.39 is 15.7 Å². The molecule has 1 atom stereocenters. The van der Waals surface area contributed by atoms with E-state index in [0.717, 1.165) is 11.1 Å². The fraction of sp³-hybridized carbons (Fsp3) is 0.375. The molecular weight excluding hydrogens is 316 g/mol. The second-order valence-electron chi connectivity index (χ2n) is 5.76. The zero-order valence-corrected chi connectivity index (χ0v) is 13.7. The van der Waals surface area contributed by atoms with Gasteiger partial charge >= 0.3 is 0 Å². The molecule has 0 aliphatic carbocycles. The van der Waals surface area contributed by atoms with Crippen LogP contribution in [0.1, 0.15) is 24.0 Å². The summed E-state index contributed by atoms with van der Waals surface area (Å²) in [6.07, 6.45) is 3.57. The third-order valence-corrected chi connectivity index (χ3v) is 5.43. The average molecular weight is 336 g/mol. The number of carbonyl (C=O) groups excluding carboxylic acids is 2. The van der Waals surface area contributed by atoms with E-state index in [9.17, 15) is 18.0 Å². The van der Waals surface area contributed by atoms with Gasteiger partial charge in [0, 0.05) is 12.5 Å². The molecule has 0 radical (unpaired) electrons. The third kappa shape index (κ3) is 5.86. The Labute approximate surface area is 135 Å². The minimum atomic E-state index is -2.99. The first-order valence-corrected chi connectivity index (χ1v) is 9.20. The molecule has 1 fully saturated rings. The molecule has 6 nitrogen and oxygen atoms in total. The van der Waals surface area contributed by atoms with E-state index in [2.05, 4.69) is 10.9 Å². The number of amides is 2. The summed E-state index contributed by atoms with van der Waals surface area (Å²) in [5, 5.41) is 0. The summed E-state index contributed by atoms with van der Waals surface area (Å²) in [5.74, 6) is -0.818. The molecule has 0 unspecified atom stereocenters. The van der Waals surface area contributed by atoms with Gasteiger partial charge in [0.15, 0.2) is 9.84 Å². The van der Waals surface area contributed by atoms with Gasteiger partial charge in [-0.2, -0.15) is 0 Å². The maximum atomic E-state index is 11.7. The molecule has 0 bridgehead atoms. The predicted octanol–water partition coefficient (Wildman–Crippen LogP) is 0.980. The zero-order chi connectivity index (χ0) is 16.9. The first kappa shape index (κ1) is 17.2. The van der Waals surface area contributed by atoms with Crippen LogP contribution in [-0.2, 0) is 19.4 Å². The van der Waals surface area contributed by atoms with Crippen LogP contribution < -0.4 is 10.9 Å². The van der Waals surface area contributed by atoms with Crippen molar-refractivity contribution < 1.29 is 18.0 Å². The third-order valence-electron chi connectivity index (χ3n) is 3.60. The smallest absolute Gasteiger partial charge is 0.262 e. The Morgan fingerprint density at radius 1 is 1.30 bits per heavy atom. The fourth-order valence-electron chi connectivity index (χ4n) is 2.46. The monoisotopic (exact) mass is 336 g/mol. The van der Waals surface area contributed by atoms with Gasteiger partial charge < -0.3 is 0 Å². The molecule has 0 spiro atoms. The van der Waals surface area contributed by atoms with Crippen LogP contribution in [0.25, 0.3) is 6.08 Å². The van der Waals surface area contributed by atoms with Crippen molar-refractivity contribution in [3.8, 4) is 0 Å². The Balaban J connectivity index is 1.75. The summed E-state index contributed by atoms with van der Waals surface area (Å²) >= 11 is 0. The summed E-state index contributed by atoms with van der Waals surface area (Å²) in [4.78, 5) is 23.3. The van der Waals surface area contributed by atoms with Crippen LogP contribution in [0, 0.1) is 12.8 Å². The molecule has 1 aliphatic heterocycles. The molecular formula is C16H20N2O4S. The van der Waals surface area contributed by atoms with Crippen molar-refractivity contribution >= 4 is 27.7 Å². The van der Waals surface area contributed by atoms with E-state index in [1.54, 1.807) is 6.08 Å². The standard InChI is InChI=1S/C16H20N2O4S/c1-12-3-2-4-13(9-12)5-6-15(19)17-18-16(20)10-14-7-8-23(21,22)11-14/h2-6,9,14H,7-8,10-11H2,1H3,(H,17,19)(H,18,20)/b6-5+/t14-/m1/s1. The Morgan fingerprint density at radius 3 is 2.74 bits per heavy atom. The zero-order valence-electron chi connectivity index (χ0n) is 12.9. The first-order chi connectivity index (χ1) is 10.8. The van der Waals surface area contributed by atoms with E-state index in [1.165, 1.54) is 6.08 Å². The van der Waals surface area contributed by atoms with Crippen molar-refractivity contribution in [1.82, 2.24) is 10.9 Å². The number of hydrazine groups is 1. The Bertz CT molecular complexity index is 725. The van der Waals surface area contributed by atoms with Crippen LogP contribution >= 0.6 is 0 Å². The molecule has 2 N–H and O–H groups in total. The number of hydrogen-bond acceptors (Lipinski definition) is 4. The van der Waals surface area contributed by atoms with Crippen LogP contribution in [0.3, 0.4) is 0 Å². The van der Waals surface area contributed by atoms with Crippen molar-refractivity contribution in [2.45, 2.75) is 19.8 Å². The highest BCUT2D eigenvalue weighted by molar-refractivity contribution is 7.91. The van der Waals surface area contributed by atoms with Crippen molar-refractivity contribution in [3.63, 3.8) is 0 Å². The fourth-order valence-corrected chi connectivity index (χ4v) is 4.33. The highest BCUT2D eigenvalue weighted by atomic mass is 32.2. The van der Waals surface area contributed by atoms with Crippen LogP contribution in [0.15, 0.2) is 30.3 Å². The van der Waals surface area contributed by atoms with Gasteiger partial charge in [0.2, 0.25) is 5.91 Å². The molecule has 1 aromatic rings. The van der Waals surface area contributed by atoms with E-state index in [4.69, 9.17) is 0 Å². The Hall–Kier alpha value is -2.15. The molecule has 0 aromatic heterocycles. The van der Waals surface area contributed by atoms with Crippen LogP contribution in [0.2, 0.25) is 0 Å². The van der Waals surface area contributed by atoms with Gasteiger partial charge in [-0.25, -0.2) is 8.42 Å². The van der Waals surface area contributed by atoms with Crippen molar-refractivity contribution in [2.75, 3.05) is 11.5 Å². The summed E-state index contributed by atoms with van der Waals surface area (Å²) < 4.78 is 22.6. The van der Waals surface area contributed by atoms with E-state index in [0.29, 0.717) is 6.42 Å². The molecule has 23 heavy (non-hydrogen) atoms. The quantitative estimate of drug-likeness (QED) is 0.633. The molecule has 1 heterocycles. The van der Waals surface area contributed by atoms with Gasteiger partial charge in [-0.15, -0.1) is 0 Å². The lowest BCUT2D eigenvalue weighted by Gasteiger charge is -2.08. The Kier molecular flexibility index (Phi) is 5.54. The molecule has 124 valence electrons. The maximum absolute atomic E-state index is 11.7. The second kappa shape index (κ2) is 7.41. The van der Waals surface area contributed by atoms with Crippen molar-refractivity contribution in [3.05, 3.63) is 41.5 Å². The molecule has 0 saturated carbocycles. The van der Waals surface area contributed by atoms with Gasteiger partial charge in [-0.3, -0.25) is 20.4 Å². The minimum Gasteiger partial charge on any atom is -0.273 e. The van der Waals surface area contributed by atoms with Crippen LogP contribution in [-0.4, -0.2) is 31.7 Å². The molecule has 2 rings (SSSR count). The summed E-state index contributed by atoms with van der Waals surface area (Å²) in [5.41, 5.74) is 6.57. The molecule has 1 saturated heterocycles. The molecule has 1 aliphatic rings. The summed E-state index contributed by atoms with van der Waals surface area (Å²) in [7, 11) is -2.99. The second-order valence-corrected chi connectivity index (χ2v) is 7.99. The number of benzene rings is 1. The molecule has 2 amide bonds. The van der Waals surface area contributed by atoms with Gasteiger partial charge in [0.1, 0.15) is 0 Å². The lowest BCUT2D eigenvalue weighted by Crippen LogP contribution is -2.41. The predicted molar refractivity (Wildman–Crippen MR) is 87.9 cm³/mol. The number of nitrogens with one attached hydrogen (secondary N) is 2. The topological polar surface area (TPSA) is 92.3 Å². The number of rotatable bonds is 4. The lowest BCUT2D eigenvalue weighted by molar-refractivity contribution is -0.127. The summed E-state index contributed by atoms with van der Waals surface area (Å²) in [6, 6.07) is 7.66. The maximum Gasteiger partial charge on any atom is 0.262 e. The highest BCUT2D eigenvalue weighted by Gasteiger charge is 2.29. The van der Waals surface area contributed by atoms with Crippen LogP contribution in [0.5, 0.6) is 0 Å². The lowest BCUT2D eigenvalue weighted by atomic mass is 10.1. The van der Waals surface area contributed by atoms with Crippen molar-refractivity contribution in [1.29, 1.82) is 0 Å². The molecule has 1 aromatic carbocycles. The summed E-state index contributed by atoms with van der Waals surface area (Å²) in [6.45, 7) is 1.96. The number of sulfone groups is 1. The van der Waals surface area contributed by atoms with E-state index >= 15 is 0 Å². The Morgan fingerprint density at radius 2 is 2.09 bits per heavy atom. The van der Waals surface area contributed by atoms with Gasteiger partial charge in [0.05, 0.1) is 11.5 Å². The minimum absolute atomic E-state index is 0.0433. The first-order valence-electron chi connectivity index (χ1n) is 7.38. The number of aryl methyl sites for hydroxylation is 1. The number of hydrogen-bond donors (Lipinski definition) is 2. The van der Waals surface area contributed by atoms with Gasteiger partial charge in [-0.1, -0.05) is 29.8 Å². The van der Waals surface area contributed by atoms with Gasteiger partial charge in [-0.05, 0) is 30.9 Å². The normalized spacial score (nSPS) is 19.6. The SMILES string of the molecule is Cc1cccc(/C=C/C(=O)NNC(=O)C[C@H]2CCS(=O)(=O)C2)c1. The molecule has 7 heteroatoms. The van der Waals surface area contributed by atoms with E-state index in [1.807, 2.05) is 31.2 Å². The largest absolute Gasteiger partial charge is 0.273 e.